The quantitative estimate of drug-likeness (QED) is 0.741. The molecule has 1 aliphatic carbocycles. The molecule has 1 saturated carbocycles. The Morgan fingerprint density at radius 3 is 2.35 bits per heavy atom. The molecule has 2 rings (SSSR count). The van der Waals surface area contributed by atoms with E-state index in [4.69, 9.17) is 0 Å². The van der Waals surface area contributed by atoms with E-state index in [0.29, 0.717) is 0 Å². The van der Waals surface area contributed by atoms with Crippen LogP contribution in [0.3, 0.4) is 0 Å². The molecule has 2 nitrogen and oxygen atoms in total. The fourth-order valence-electron chi connectivity index (χ4n) is 3.35. The van der Waals surface area contributed by atoms with Crippen LogP contribution in [-0.2, 0) is 0 Å². The Morgan fingerprint density at radius 1 is 0.941 bits per heavy atom. The number of nitrogens with zero attached hydrogens (tertiary/aromatic N) is 1. The summed E-state index contributed by atoms with van der Waals surface area (Å²) < 4.78 is 0. The van der Waals surface area contributed by atoms with Gasteiger partial charge in [-0.25, -0.2) is 0 Å². The zero-order valence-corrected chi connectivity index (χ0v) is 11.6. The maximum Gasteiger partial charge on any atom is -0.00187 e. The van der Waals surface area contributed by atoms with E-state index in [1.807, 2.05) is 0 Å². The van der Waals surface area contributed by atoms with E-state index in [-0.39, 0.29) is 0 Å². The van der Waals surface area contributed by atoms with Crippen LogP contribution in [0.5, 0.6) is 0 Å². The second kappa shape index (κ2) is 7.38. The SMILES string of the molecule is CN1CCC(CNCCC2CCCCC2)CC1. The van der Waals surface area contributed by atoms with Gasteiger partial charge in [-0.1, -0.05) is 32.1 Å². The third kappa shape index (κ3) is 4.97. The van der Waals surface area contributed by atoms with E-state index in [1.54, 1.807) is 0 Å². The van der Waals surface area contributed by atoms with Crippen molar-refractivity contribution in [2.24, 2.45) is 11.8 Å². The van der Waals surface area contributed by atoms with E-state index in [1.165, 1.54) is 77.5 Å². The van der Waals surface area contributed by atoms with Crippen LogP contribution < -0.4 is 5.32 Å². The highest BCUT2D eigenvalue weighted by Gasteiger charge is 2.16. The van der Waals surface area contributed by atoms with Crippen molar-refractivity contribution in [3.8, 4) is 0 Å². The minimum atomic E-state index is 0.942. The predicted octanol–water partition coefficient (Wildman–Crippen LogP) is 2.89. The van der Waals surface area contributed by atoms with Gasteiger partial charge in [-0.15, -0.1) is 0 Å². The lowest BCUT2D eigenvalue weighted by Crippen LogP contribution is -2.35. The van der Waals surface area contributed by atoms with E-state index < -0.39 is 0 Å². The number of piperidine rings is 1. The van der Waals surface area contributed by atoms with E-state index in [9.17, 15) is 0 Å². The van der Waals surface area contributed by atoms with Gasteiger partial charge >= 0.3 is 0 Å². The molecule has 100 valence electrons. The van der Waals surface area contributed by atoms with Crippen LogP contribution in [0.25, 0.3) is 0 Å². The Labute approximate surface area is 107 Å². The number of likely N-dealkylation sites (tertiary alicyclic amines) is 1. The topological polar surface area (TPSA) is 15.3 Å². The average molecular weight is 238 g/mol. The normalized spacial score (nSPS) is 25.2. The van der Waals surface area contributed by atoms with Gasteiger partial charge in [0.2, 0.25) is 0 Å². The molecule has 0 atom stereocenters. The summed E-state index contributed by atoms with van der Waals surface area (Å²) in [6.07, 6.45) is 11.7. The Hall–Kier alpha value is -0.0800. The van der Waals surface area contributed by atoms with Gasteiger partial charge in [0.05, 0.1) is 0 Å². The Morgan fingerprint density at radius 2 is 1.65 bits per heavy atom. The number of hydrogen-bond donors (Lipinski definition) is 1. The molecule has 0 radical (unpaired) electrons. The van der Waals surface area contributed by atoms with Gasteiger partial charge < -0.3 is 10.2 Å². The molecule has 1 saturated heterocycles. The summed E-state index contributed by atoms with van der Waals surface area (Å²) >= 11 is 0. The number of hydrogen-bond acceptors (Lipinski definition) is 2. The summed E-state index contributed by atoms with van der Waals surface area (Å²) in [7, 11) is 2.24. The first-order valence-electron chi connectivity index (χ1n) is 7.74. The van der Waals surface area contributed by atoms with Crippen molar-refractivity contribution in [3.05, 3.63) is 0 Å². The van der Waals surface area contributed by atoms with Gasteiger partial charge in [0.25, 0.3) is 0 Å². The molecule has 0 unspecified atom stereocenters. The first kappa shape index (κ1) is 13.4. The number of nitrogens with one attached hydrogen (secondary N) is 1. The maximum atomic E-state index is 3.70. The smallest absolute Gasteiger partial charge is 0.00187 e. The van der Waals surface area contributed by atoms with Crippen LogP contribution in [0.1, 0.15) is 51.4 Å². The van der Waals surface area contributed by atoms with Gasteiger partial charge in [0.15, 0.2) is 0 Å². The molecular weight excluding hydrogens is 208 g/mol. The second-order valence-electron chi connectivity index (χ2n) is 6.24. The fourth-order valence-corrected chi connectivity index (χ4v) is 3.35. The van der Waals surface area contributed by atoms with Gasteiger partial charge in [0, 0.05) is 0 Å². The second-order valence-corrected chi connectivity index (χ2v) is 6.24. The lowest BCUT2D eigenvalue weighted by atomic mass is 9.87. The highest BCUT2D eigenvalue weighted by atomic mass is 15.1. The molecule has 2 fully saturated rings. The average Bonchev–Trinajstić information content (AvgIpc) is 2.38. The first-order valence-corrected chi connectivity index (χ1v) is 7.74. The summed E-state index contributed by atoms with van der Waals surface area (Å²) in [5.74, 6) is 1.98. The summed E-state index contributed by atoms with van der Waals surface area (Å²) in [6.45, 7) is 5.13. The zero-order chi connectivity index (χ0) is 11.9. The Kier molecular flexibility index (Phi) is 5.79. The standard InChI is InChI=1S/C15H30N2/c1-17-11-8-15(9-12-17)13-16-10-7-14-5-3-2-4-6-14/h14-16H,2-13H2,1H3. The van der Waals surface area contributed by atoms with E-state index in [0.717, 1.165) is 11.8 Å². The molecule has 2 aliphatic rings. The van der Waals surface area contributed by atoms with Crippen LogP contribution in [0, 0.1) is 11.8 Å². The van der Waals surface area contributed by atoms with Crippen molar-refractivity contribution < 1.29 is 0 Å². The Balaban J connectivity index is 1.48. The van der Waals surface area contributed by atoms with Gasteiger partial charge in [-0.2, -0.15) is 0 Å². The highest BCUT2D eigenvalue weighted by Crippen LogP contribution is 2.25. The van der Waals surface area contributed by atoms with Crippen LogP contribution in [-0.4, -0.2) is 38.1 Å². The van der Waals surface area contributed by atoms with Crippen molar-refractivity contribution in [3.63, 3.8) is 0 Å². The van der Waals surface area contributed by atoms with Gasteiger partial charge in [0.1, 0.15) is 0 Å². The van der Waals surface area contributed by atoms with Crippen LogP contribution in [0.2, 0.25) is 0 Å². The van der Waals surface area contributed by atoms with Crippen molar-refractivity contribution in [1.29, 1.82) is 0 Å². The molecule has 0 aromatic rings. The molecule has 1 aliphatic heterocycles. The van der Waals surface area contributed by atoms with Crippen molar-refractivity contribution in [2.45, 2.75) is 51.4 Å². The van der Waals surface area contributed by atoms with Gasteiger partial charge in [-0.05, 0) is 64.3 Å². The van der Waals surface area contributed by atoms with Gasteiger partial charge in [-0.3, -0.25) is 0 Å². The molecule has 0 bridgehead atoms. The summed E-state index contributed by atoms with van der Waals surface area (Å²) in [5.41, 5.74) is 0. The van der Waals surface area contributed by atoms with Crippen molar-refractivity contribution in [2.75, 3.05) is 33.2 Å². The highest BCUT2D eigenvalue weighted by molar-refractivity contribution is 4.72. The molecular formula is C15H30N2. The summed E-state index contributed by atoms with van der Waals surface area (Å²) in [6, 6.07) is 0. The zero-order valence-electron chi connectivity index (χ0n) is 11.6. The van der Waals surface area contributed by atoms with Crippen LogP contribution >= 0.6 is 0 Å². The number of rotatable bonds is 5. The molecule has 17 heavy (non-hydrogen) atoms. The summed E-state index contributed by atoms with van der Waals surface area (Å²) in [4.78, 5) is 2.46. The summed E-state index contributed by atoms with van der Waals surface area (Å²) in [5, 5.41) is 3.70. The third-order valence-electron chi connectivity index (χ3n) is 4.73. The molecule has 0 spiro atoms. The monoisotopic (exact) mass is 238 g/mol. The molecule has 1 heterocycles. The molecule has 0 amide bonds. The molecule has 1 N–H and O–H groups in total. The minimum absolute atomic E-state index is 0.942. The lowest BCUT2D eigenvalue weighted by Gasteiger charge is -2.29. The maximum absolute atomic E-state index is 3.70. The lowest BCUT2D eigenvalue weighted by molar-refractivity contribution is 0.214. The minimum Gasteiger partial charge on any atom is -0.316 e. The largest absolute Gasteiger partial charge is 0.316 e. The van der Waals surface area contributed by atoms with Crippen LogP contribution in [0.4, 0.5) is 0 Å². The van der Waals surface area contributed by atoms with E-state index >= 15 is 0 Å². The van der Waals surface area contributed by atoms with Crippen molar-refractivity contribution in [1.82, 2.24) is 10.2 Å². The third-order valence-corrected chi connectivity index (χ3v) is 4.73. The molecule has 2 heteroatoms. The first-order chi connectivity index (χ1) is 8.34. The van der Waals surface area contributed by atoms with E-state index in [2.05, 4.69) is 17.3 Å². The Bertz CT molecular complexity index is 191. The predicted molar refractivity (Wildman–Crippen MR) is 74.3 cm³/mol. The molecule has 0 aromatic carbocycles. The fraction of sp³-hybridized carbons (Fsp3) is 1.00. The van der Waals surface area contributed by atoms with Crippen molar-refractivity contribution >= 4 is 0 Å². The van der Waals surface area contributed by atoms with Crippen LogP contribution in [0.15, 0.2) is 0 Å². The molecule has 0 aromatic heterocycles.